The molecule has 2 heteroatoms. The van der Waals surface area contributed by atoms with Crippen LogP contribution in [0.4, 0.5) is 0 Å². The van der Waals surface area contributed by atoms with Crippen molar-refractivity contribution in [2.24, 2.45) is 23.5 Å². The van der Waals surface area contributed by atoms with Gasteiger partial charge < -0.3 is 10.5 Å². The van der Waals surface area contributed by atoms with Crippen molar-refractivity contribution in [1.82, 2.24) is 0 Å². The van der Waals surface area contributed by atoms with Gasteiger partial charge in [0.2, 0.25) is 0 Å². The highest BCUT2D eigenvalue weighted by Gasteiger charge is 2.40. The third kappa shape index (κ3) is 3.23. The van der Waals surface area contributed by atoms with E-state index in [9.17, 15) is 0 Å². The number of ether oxygens (including phenoxy) is 1. The molecule has 0 aromatic carbocycles. The van der Waals surface area contributed by atoms with Gasteiger partial charge in [0.1, 0.15) is 0 Å². The molecule has 2 N–H and O–H groups in total. The smallest absolute Gasteiger partial charge is 0.0725 e. The Morgan fingerprint density at radius 3 is 2.59 bits per heavy atom. The van der Waals surface area contributed by atoms with Gasteiger partial charge in [0.15, 0.2) is 0 Å². The number of rotatable bonds is 7. The van der Waals surface area contributed by atoms with Crippen molar-refractivity contribution >= 4 is 0 Å². The lowest BCUT2D eigenvalue weighted by molar-refractivity contribution is 0.0295. The fraction of sp³-hybridized carbons (Fsp3) is 1.00. The molecular formula is C15H29NO. The van der Waals surface area contributed by atoms with Gasteiger partial charge in [-0.25, -0.2) is 0 Å². The van der Waals surface area contributed by atoms with Crippen molar-refractivity contribution in [3.63, 3.8) is 0 Å². The van der Waals surface area contributed by atoms with Crippen LogP contribution in [0.25, 0.3) is 0 Å². The van der Waals surface area contributed by atoms with Gasteiger partial charge in [-0.1, -0.05) is 19.8 Å². The molecule has 0 aromatic heterocycles. The first-order chi connectivity index (χ1) is 8.24. The fourth-order valence-corrected chi connectivity index (χ4v) is 4.09. The molecule has 17 heavy (non-hydrogen) atoms. The summed E-state index contributed by atoms with van der Waals surface area (Å²) in [6.07, 6.45) is 9.68. The summed E-state index contributed by atoms with van der Waals surface area (Å²) in [5.74, 6) is 2.94. The second-order valence-electron chi connectivity index (χ2n) is 6.12. The number of hydrogen-bond donors (Lipinski definition) is 1. The Kier molecular flexibility index (Phi) is 4.87. The highest BCUT2D eigenvalue weighted by molar-refractivity contribution is 4.92. The van der Waals surface area contributed by atoms with Gasteiger partial charge in [-0.05, 0) is 56.8 Å². The van der Waals surface area contributed by atoms with Crippen LogP contribution in [0.1, 0.15) is 58.8 Å². The molecule has 2 bridgehead atoms. The Bertz CT molecular complexity index is 225. The first kappa shape index (κ1) is 13.4. The molecule has 2 saturated carbocycles. The molecule has 2 fully saturated rings. The zero-order valence-electron chi connectivity index (χ0n) is 11.5. The number of fused-ring (bicyclic) bond motifs is 2. The molecular weight excluding hydrogens is 210 g/mol. The van der Waals surface area contributed by atoms with E-state index in [1.807, 2.05) is 0 Å². The SMILES string of the molecule is CCCC(OCC)C(N)CC1CC2CCC1C2. The number of hydrogen-bond acceptors (Lipinski definition) is 2. The summed E-state index contributed by atoms with van der Waals surface area (Å²) in [5.41, 5.74) is 6.38. The molecule has 2 rings (SSSR count). The molecule has 0 heterocycles. The standard InChI is InChI=1S/C15H29NO/c1-3-5-15(17-4-2)14(16)10-13-9-11-6-7-12(13)8-11/h11-15H,3-10,16H2,1-2H3. The summed E-state index contributed by atoms with van der Waals surface area (Å²) in [6, 6.07) is 0.263. The summed E-state index contributed by atoms with van der Waals surface area (Å²) in [4.78, 5) is 0. The normalized spacial score (nSPS) is 35.1. The Balaban J connectivity index is 1.80. The molecule has 5 atom stereocenters. The monoisotopic (exact) mass is 239 g/mol. The molecule has 0 radical (unpaired) electrons. The Morgan fingerprint density at radius 2 is 2.06 bits per heavy atom. The van der Waals surface area contributed by atoms with Crippen molar-refractivity contribution in [1.29, 1.82) is 0 Å². The zero-order chi connectivity index (χ0) is 12.3. The zero-order valence-corrected chi connectivity index (χ0v) is 11.5. The topological polar surface area (TPSA) is 35.2 Å². The largest absolute Gasteiger partial charge is 0.377 e. The van der Waals surface area contributed by atoms with Gasteiger partial charge in [0, 0.05) is 12.6 Å². The summed E-state index contributed by atoms with van der Waals surface area (Å²) < 4.78 is 5.81. The second-order valence-corrected chi connectivity index (χ2v) is 6.12. The van der Waals surface area contributed by atoms with E-state index >= 15 is 0 Å². The van der Waals surface area contributed by atoms with E-state index in [2.05, 4.69) is 13.8 Å². The van der Waals surface area contributed by atoms with Gasteiger partial charge >= 0.3 is 0 Å². The van der Waals surface area contributed by atoms with Crippen LogP contribution < -0.4 is 5.73 Å². The second kappa shape index (κ2) is 6.19. The predicted octanol–water partition coefficient (Wildman–Crippen LogP) is 3.35. The minimum atomic E-state index is 0.263. The maximum Gasteiger partial charge on any atom is 0.0725 e. The van der Waals surface area contributed by atoms with Crippen molar-refractivity contribution in [3.05, 3.63) is 0 Å². The van der Waals surface area contributed by atoms with Crippen LogP contribution in [-0.4, -0.2) is 18.8 Å². The van der Waals surface area contributed by atoms with Crippen molar-refractivity contribution < 1.29 is 4.74 Å². The molecule has 0 saturated heterocycles. The van der Waals surface area contributed by atoms with E-state index in [4.69, 9.17) is 10.5 Å². The maximum atomic E-state index is 6.38. The summed E-state index contributed by atoms with van der Waals surface area (Å²) in [7, 11) is 0. The van der Waals surface area contributed by atoms with Crippen LogP contribution in [-0.2, 0) is 4.74 Å². The highest BCUT2D eigenvalue weighted by atomic mass is 16.5. The van der Waals surface area contributed by atoms with Gasteiger partial charge in [0.05, 0.1) is 6.10 Å². The Labute approximate surface area is 106 Å². The summed E-state index contributed by atoms with van der Waals surface area (Å²) in [6.45, 7) is 5.10. The molecule has 2 aliphatic rings. The van der Waals surface area contributed by atoms with E-state index in [1.54, 1.807) is 0 Å². The van der Waals surface area contributed by atoms with Crippen molar-refractivity contribution in [2.75, 3.05) is 6.61 Å². The molecule has 100 valence electrons. The van der Waals surface area contributed by atoms with Crippen LogP contribution in [0.2, 0.25) is 0 Å². The van der Waals surface area contributed by atoms with E-state index in [-0.39, 0.29) is 6.04 Å². The summed E-state index contributed by atoms with van der Waals surface area (Å²) >= 11 is 0. The fourth-order valence-electron chi connectivity index (χ4n) is 4.09. The summed E-state index contributed by atoms with van der Waals surface area (Å²) in [5, 5.41) is 0. The van der Waals surface area contributed by atoms with Gasteiger partial charge in [-0.3, -0.25) is 0 Å². The molecule has 0 spiro atoms. The predicted molar refractivity (Wildman–Crippen MR) is 71.9 cm³/mol. The van der Waals surface area contributed by atoms with E-state index in [0.717, 1.165) is 30.8 Å². The lowest BCUT2D eigenvalue weighted by Gasteiger charge is -2.29. The third-order valence-electron chi connectivity index (χ3n) is 4.89. The van der Waals surface area contributed by atoms with Gasteiger partial charge in [-0.2, -0.15) is 0 Å². The number of nitrogens with two attached hydrogens (primary N) is 1. The lowest BCUT2D eigenvalue weighted by atomic mass is 9.83. The molecule has 2 nitrogen and oxygen atoms in total. The molecule has 2 aliphatic carbocycles. The average Bonchev–Trinajstić information content (AvgIpc) is 2.90. The van der Waals surface area contributed by atoms with Crippen molar-refractivity contribution in [2.45, 2.75) is 70.9 Å². The lowest BCUT2D eigenvalue weighted by Crippen LogP contribution is -2.39. The molecule has 5 unspecified atom stereocenters. The van der Waals surface area contributed by atoms with Gasteiger partial charge in [0.25, 0.3) is 0 Å². The van der Waals surface area contributed by atoms with E-state index in [0.29, 0.717) is 6.10 Å². The van der Waals surface area contributed by atoms with Crippen LogP contribution in [0.15, 0.2) is 0 Å². The van der Waals surface area contributed by atoms with Gasteiger partial charge in [-0.15, -0.1) is 0 Å². The first-order valence-electron chi connectivity index (χ1n) is 7.61. The van der Waals surface area contributed by atoms with E-state index in [1.165, 1.54) is 38.5 Å². The molecule has 0 aliphatic heterocycles. The van der Waals surface area contributed by atoms with Crippen molar-refractivity contribution in [3.8, 4) is 0 Å². The first-order valence-corrected chi connectivity index (χ1v) is 7.61. The van der Waals surface area contributed by atoms with Crippen LogP contribution in [0, 0.1) is 17.8 Å². The van der Waals surface area contributed by atoms with Crippen LogP contribution in [0.3, 0.4) is 0 Å². The maximum absolute atomic E-state index is 6.38. The van der Waals surface area contributed by atoms with Crippen LogP contribution in [0.5, 0.6) is 0 Å². The Hall–Kier alpha value is -0.0800. The quantitative estimate of drug-likeness (QED) is 0.739. The minimum absolute atomic E-state index is 0.263. The minimum Gasteiger partial charge on any atom is -0.377 e. The van der Waals surface area contributed by atoms with Crippen LogP contribution >= 0.6 is 0 Å². The average molecular weight is 239 g/mol. The highest BCUT2D eigenvalue weighted by Crippen LogP contribution is 2.49. The Morgan fingerprint density at radius 1 is 1.24 bits per heavy atom. The molecule has 0 amide bonds. The van der Waals surface area contributed by atoms with E-state index < -0.39 is 0 Å². The third-order valence-corrected chi connectivity index (χ3v) is 4.89. The molecule has 0 aromatic rings.